The third kappa shape index (κ3) is 4.00. The van der Waals surface area contributed by atoms with E-state index >= 15 is 0 Å². The van der Waals surface area contributed by atoms with Crippen molar-refractivity contribution in [3.05, 3.63) is 93.4 Å². The molecule has 0 aliphatic rings. The zero-order valence-corrected chi connectivity index (χ0v) is 13.9. The molecule has 0 spiro atoms. The van der Waals surface area contributed by atoms with Gasteiger partial charge in [0.15, 0.2) is 11.6 Å². The Morgan fingerprint density at radius 2 is 1.77 bits per heavy atom. The van der Waals surface area contributed by atoms with Crippen molar-refractivity contribution in [1.29, 1.82) is 0 Å². The molecule has 0 unspecified atom stereocenters. The summed E-state index contributed by atoms with van der Waals surface area (Å²) in [5, 5.41) is 6.47. The third-order valence-electron chi connectivity index (χ3n) is 3.73. The zero-order valence-electron chi connectivity index (χ0n) is 13.9. The number of halogens is 2. The number of aromatic nitrogens is 2. The summed E-state index contributed by atoms with van der Waals surface area (Å²) >= 11 is 0. The molecule has 2 aromatic carbocycles. The Labute approximate surface area is 147 Å². The van der Waals surface area contributed by atoms with Gasteiger partial charge in [-0.1, -0.05) is 29.8 Å². The zero-order chi connectivity index (χ0) is 18.7. The van der Waals surface area contributed by atoms with Crippen molar-refractivity contribution in [1.82, 2.24) is 9.78 Å². The van der Waals surface area contributed by atoms with Crippen molar-refractivity contribution in [2.45, 2.75) is 13.5 Å². The Morgan fingerprint density at radius 3 is 2.46 bits per heavy atom. The van der Waals surface area contributed by atoms with Gasteiger partial charge in [-0.25, -0.2) is 13.5 Å². The van der Waals surface area contributed by atoms with Crippen LogP contribution in [0, 0.1) is 18.6 Å². The van der Waals surface area contributed by atoms with Gasteiger partial charge in [-0.2, -0.15) is 5.10 Å². The van der Waals surface area contributed by atoms with Crippen LogP contribution in [-0.4, -0.2) is 15.7 Å². The minimum Gasteiger partial charge on any atom is -0.320 e. The number of aryl methyl sites for hydroxylation is 1. The van der Waals surface area contributed by atoms with Crippen molar-refractivity contribution in [2.24, 2.45) is 0 Å². The highest BCUT2D eigenvalue weighted by molar-refractivity contribution is 6.02. The maximum atomic E-state index is 13.2. The second-order valence-electron chi connectivity index (χ2n) is 5.78. The van der Waals surface area contributed by atoms with E-state index in [9.17, 15) is 18.4 Å². The summed E-state index contributed by atoms with van der Waals surface area (Å²) in [6.45, 7) is 2.17. The second kappa shape index (κ2) is 7.26. The van der Waals surface area contributed by atoms with Crippen LogP contribution in [0.25, 0.3) is 0 Å². The molecule has 3 rings (SSSR count). The van der Waals surface area contributed by atoms with Crippen LogP contribution in [0.2, 0.25) is 0 Å². The summed E-state index contributed by atoms with van der Waals surface area (Å²) in [4.78, 5) is 24.2. The van der Waals surface area contributed by atoms with Crippen LogP contribution in [-0.2, 0) is 6.54 Å². The highest BCUT2D eigenvalue weighted by Crippen LogP contribution is 2.14. The summed E-state index contributed by atoms with van der Waals surface area (Å²) in [6.07, 6.45) is 0. The Balaban J connectivity index is 1.81. The predicted octanol–water partition coefficient (Wildman–Crippen LogP) is 3.13. The number of carbonyl (C=O) groups excluding carboxylic acids is 1. The summed E-state index contributed by atoms with van der Waals surface area (Å²) in [5.41, 5.74) is 1.68. The average Bonchev–Trinajstić information content (AvgIpc) is 2.62. The minimum atomic E-state index is -1.07. The third-order valence-corrected chi connectivity index (χ3v) is 3.73. The van der Waals surface area contributed by atoms with Gasteiger partial charge in [0.05, 0.1) is 6.54 Å². The van der Waals surface area contributed by atoms with Crippen LogP contribution in [0.5, 0.6) is 0 Å². The number of carbonyl (C=O) groups is 1. The number of hydrogen-bond donors (Lipinski definition) is 1. The molecule has 3 aromatic rings. The van der Waals surface area contributed by atoms with Gasteiger partial charge in [-0.3, -0.25) is 9.59 Å². The Kier molecular flexibility index (Phi) is 4.88. The Morgan fingerprint density at radius 1 is 1.04 bits per heavy atom. The molecule has 0 aliphatic carbocycles. The lowest BCUT2D eigenvalue weighted by atomic mass is 10.1. The predicted molar refractivity (Wildman–Crippen MR) is 93.1 cm³/mol. The largest absolute Gasteiger partial charge is 0.320 e. The molecule has 0 radical (unpaired) electrons. The van der Waals surface area contributed by atoms with Crippen LogP contribution < -0.4 is 10.9 Å². The fraction of sp³-hybridized carbons (Fsp3) is 0.105. The molecule has 7 heteroatoms. The molecule has 5 nitrogen and oxygen atoms in total. The fourth-order valence-corrected chi connectivity index (χ4v) is 2.32. The molecule has 26 heavy (non-hydrogen) atoms. The van der Waals surface area contributed by atoms with Gasteiger partial charge in [0, 0.05) is 17.8 Å². The molecule has 0 aliphatic heterocycles. The van der Waals surface area contributed by atoms with E-state index < -0.39 is 17.5 Å². The standard InChI is InChI=1S/C19H15F2N3O2/c1-12-2-4-13(5-3-12)11-24-18(25)9-8-17(23-24)19(26)22-14-6-7-15(20)16(21)10-14/h2-10H,11H2,1H3,(H,22,26). The van der Waals surface area contributed by atoms with E-state index in [0.717, 1.165) is 23.3 Å². The van der Waals surface area contributed by atoms with Crippen molar-refractivity contribution >= 4 is 11.6 Å². The highest BCUT2D eigenvalue weighted by Gasteiger charge is 2.12. The molecule has 1 aromatic heterocycles. The van der Waals surface area contributed by atoms with E-state index in [2.05, 4.69) is 10.4 Å². The van der Waals surface area contributed by atoms with Gasteiger partial charge < -0.3 is 5.32 Å². The Bertz CT molecular complexity index is 1010. The average molecular weight is 355 g/mol. The number of hydrogen-bond acceptors (Lipinski definition) is 3. The summed E-state index contributed by atoms with van der Waals surface area (Å²) in [7, 11) is 0. The number of benzene rings is 2. The number of amides is 1. The second-order valence-corrected chi connectivity index (χ2v) is 5.78. The smallest absolute Gasteiger partial charge is 0.276 e. The molecule has 1 N–H and O–H groups in total. The van der Waals surface area contributed by atoms with Crippen LogP contribution in [0.15, 0.2) is 59.4 Å². The number of rotatable bonds is 4. The van der Waals surface area contributed by atoms with Crippen LogP contribution in [0.3, 0.4) is 0 Å². The summed E-state index contributed by atoms with van der Waals surface area (Å²) in [5.74, 6) is -2.71. The van der Waals surface area contributed by atoms with E-state index in [0.29, 0.717) is 0 Å². The van der Waals surface area contributed by atoms with E-state index in [1.165, 1.54) is 22.9 Å². The van der Waals surface area contributed by atoms with E-state index in [1.807, 2.05) is 31.2 Å². The van der Waals surface area contributed by atoms with Crippen LogP contribution in [0.1, 0.15) is 21.6 Å². The Hall–Kier alpha value is -3.35. The topological polar surface area (TPSA) is 64.0 Å². The van der Waals surface area contributed by atoms with Crippen molar-refractivity contribution in [3.8, 4) is 0 Å². The van der Waals surface area contributed by atoms with Gasteiger partial charge >= 0.3 is 0 Å². The maximum Gasteiger partial charge on any atom is 0.276 e. The monoisotopic (exact) mass is 355 g/mol. The first-order valence-electron chi connectivity index (χ1n) is 7.82. The van der Waals surface area contributed by atoms with Crippen molar-refractivity contribution in [2.75, 3.05) is 5.32 Å². The minimum absolute atomic E-state index is 0.0126. The van der Waals surface area contributed by atoms with E-state index in [-0.39, 0.29) is 23.5 Å². The fourth-order valence-electron chi connectivity index (χ4n) is 2.32. The van der Waals surface area contributed by atoms with Gasteiger partial charge in [-0.15, -0.1) is 0 Å². The molecule has 1 amide bonds. The van der Waals surface area contributed by atoms with Gasteiger partial charge in [0.1, 0.15) is 5.69 Å². The van der Waals surface area contributed by atoms with Gasteiger partial charge in [0.2, 0.25) is 0 Å². The van der Waals surface area contributed by atoms with E-state index in [1.54, 1.807) is 0 Å². The lowest BCUT2D eigenvalue weighted by Crippen LogP contribution is -2.26. The molecule has 0 saturated heterocycles. The van der Waals surface area contributed by atoms with Crippen molar-refractivity contribution < 1.29 is 13.6 Å². The first-order valence-corrected chi connectivity index (χ1v) is 7.82. The molecular formula is C19H15F2N3O2. The maximum absolute atomic E-state index is 13.2. The summed E-state index contributed by atoms with van der Waals surface area (Å²) < 4.78 is 27.4. The lowest BCUT2D eigenvalue weighted by Gasteiger charge is -2.08. The SMILES string of the molecule is Cc1ccc(Cn2nc(C(=O)Nc3ccc(F)c(F)c3)ccc2=O)cc1. The number of nitrogens with zero attached hydrogens (tertiary/aromatic N) is 2. The van der Waals surface area contributed by atoms with Gasteiger partial charge in [-0.05, 0) is 30.7 Å². The first kappa shape index (κ1) is 17.5. The van der Waals surface area contributed by atoms with E-state index in [4.69, 9.17) is 0 Å². The molecule has 1 heterocycles. The molecule has 0 fully saturated rings. The highest BCUT2D eigenvalue weighted by atomic mass is 19.2. The van der Waals surface area contributed by atoms with Crippen LogP contribution in [0.4, 0.5) is 14.5 Å². The molecule has 132 valence electrons. The van der Waals surface area contributed by atoms with Gasteiger partial charge in [0.25, 0.3) is 11.5 Å². The summed E-state index contributed by atoms with van der Waals surface area (Å²) in [6, 6.07) is 13.1. The molecular weight excluding hydrogens is 340 g/mol. The normalized spacial score (nSPS) is 10.6. The lowest BCUT2D eigenvalue weighted by molar-refractivity contribution is 0.102. The number of anilines is 1. The number of nitrogens with one attached hydrogen (secondary N) is 1. The molecule has 0 saturated carbocycles. The quantitative estimate of drug-likeness (QED) is 0.782. The molecule has 0 atom stereocenters. The molecule has 0 bridgehead atoms. The van der Waals surface area contributed by atoms with Crippen molar-refractivity contribution in [3.63, 3.8) is 0 Å². The van der Waals surface area contributed by atoms with Crippen LogP contribution >= 0.6 is 0 Å². The first-order chi connectivity index (χ1) is 12.4.